The first-order valence-corrected chi connectivity index (χ1v) is 9.05. The second kappa shape index (κ2) is 7.06. The summed E-state index contributed by atoms with van der Waals surface area (Å²) in [7, 11) is 0. The van der Waals surface area contributed by atoms with Gasteiger partial charge in [-0.3, -0.25) is 4.98 Å². The Morgan fingerprint density at radius 3 is 2.79 bits per heavy atom. The molecule has 4 rings (SSSR count). The molecule has 0 unspecified atom stereocenters. The quantitative estimate of drug-likeness (QED) is 0.714. The largest absolute Gasteiger partial charge is 0.389 e. The third kappa shape index (κ3) is 3.55. The lowest BCUT2D eigenvalue weighted by Gasteiger charge is -2.28. The van der Waals surface area contributed by atoms with Gasteiger partial charge < -0.3 is 15.2 Å². The minimum Gasteiger partial charge on any atom is -0.389 e. The van der Waals surface area contributed by atoms with Crippen molar-refractivity contribution in [1.82, 2.24) is 19.6 Å². The molecular weight excluding hydrogens is 368 g/mol. The standard InChI is InChI=1S/C19H21F2N5O2/c1-19(2,21)11-3-4-13(22-8-11)15-7-12(20)16-9-23-18(25-26(15)16)24-14-5-6-28-10-17(14)27/h3-4,7-9,14,17,27H,5-6,10H2,1-2H3,(H,24,25)/t14-,17-/m1/s1. The molecule has 0 spiro atoms. The lowest BCUT2D eigenvalue weighted by atomic mass is 10.0. The van der Waals surface area contributed by atoms with E-state index in [0.29, 0.717) is 30.0 Å². The Bertz CT molecular complexity index is 984. The van der Waals surface area contributed by atoms with Crippen molar-refractivity contribution in [1.29, 1.82) is 0 Å². The molecule has 2 N–H and O–H groups in total. The van der Waals surface area contributed by atoms with Gasteiger partial charge in [-0.2, -0.15) is 0 Å². The molecule has 0 bridgehead atoms. The van der Waals surface area contributed by atoms with Gasteiger partial charge in [0.15, 0.2) is 5.82 Å². The molecule has 7 nitrogen and oxygen atoms in total. The molecule has 1 fully saturated rings. The predicted molar refractivity (Wildman–Crippen MR) is 99.2 cm³/mol. The molecular formula is C19H21F2N5O2. The number of nitrogens with zero attached hydrogens (tertiary/aromatic N) is 4. The fourth-order valence-corrected chi connectivity index (χ4v) is 3.16. The number of pyridine rings is 1. The molecule has 9 heteroatoms. The predicted octanol–water partition coefficient (Wildman–Crippen LogP) is 2.70. The van der Waals surface area contributed by atoms with Gasteiger partial charge in [0, 0.05) is 24.4 Å². The molecule has 148 valence electrons. The molecule has 1 saturated heterocycles. The minimum atomic E-state index is -1.51. The van der Waals surface area contributed by atoms with Crippen LogP contribution < -0.4 is 5.32 Å². The van der Waals surface area contributed by atoms with E-state index in [9.17, 15) is 13.9 Å². The number of nitrogens with one attached hydrogen (secondary N) is 1. The molecule has 4 heterocycles. The maximum atomic E-state index is 14.3. The molecule has 2 atom stereocenters. The topological polar surface area (TPSA) is 84.6 Å². The molecule has 3 aromatic rings. The molecule has 3 aromatic heterocycles. The number of ether oxygens (including phenoxy) is 1. The summed E-state index contributed by atoms with van der Waals surface area (Å²) < 4.78 is 35.0. The number of halogens is 2. The van der Waals surface area contributed by atoms with Crippen molar-refractivity contribution in [3.05, 3.63) is 42.0 Å². The zero-order chi connectivity index (χ0) is 19.9. The van der Waals surface area contributed by atoms with Crippen LogP contribution in [-0.4, -0.2) is 50.0 Å². The normalized spacial score (nSPS) is 20.5. The van der Waals surface area contributed by atoms with Gasteiger partial charge in [0.05, 0.1) is 36.3 Å². The summed E-state index contributed by atoms with van der Waals surface area (Å²) in [5.41, 5.74) is 0.00568. The van der Waals surface area contributed by atoms with Crippen molar-refractivity contribution in [3.8, 4) is 11.4 Å². The first kappa shape index (κ1) is 18.7. The number of aromatic nitrogens is 4. The van der Waals surface area contributed by atoms with Crippen molar-refractivity contribution in [3.63, 3.8) is 0 Å². The number of hydrogen-bond donors (Lipinski definition) is 2. The van der Waals surface area contributed by atoms with E-state index in [1.165, 1.54) is 36.8 Å². The van der Waals surface area contributed by atoms with Gasteiger partial charge >= 0.3 is 0 Å². The Kier molecular flexibility index (Phi) is 4.72. The third-order valence-electron chi connectivity index (χ3n) is 4.82. The van der Waals surface area contributed by atoms with Crippen LogP contribution in [0.15, 0.2) is 30.6 Å². The molecule has 0 amide bonds. The summed E-state index contributed by atoms with van der Waals surface area (Å²) in [4.78, 5) is 8.42. The highest BCUT2D eigenvalue weighted by molar-refractivity contribution is 5.64. The molecule has 0 aromatic carbocycles. The van der Waals surface area contributed by atoms with Crippen LogP contribution in [0.2, 0.25) is 0 Å². The van der Waals surface area contributed by atoms with E-state index in [2.05, 4.69) is 20.4 Å². The van der Waals surface area contributed by atoms with Crippen molar-refractivity contribution in [2.75, 3.05) is 18.5 Å². The summed E-state index contributed by atoms with van der Waals surface area (Å²) in [6, 6.07) is 4.33. The first-order valence-electron chi connectivity index (χ1n) is 9.05. The van der Waals surface area contributed by atoms with E-state index in [1.54, 1.807) is 12.1 Å². The zero-order valence-corrected chi connectivity index (χ0v) is 15.6. The van der Waals surface area contributed by atoms with E-state index < -0.39 is 17.6 Å². The molecule has 28 heavy (non-hydrogen) atoms. The highest BCUT2D eigenvalue weighted by Gasteiger charge is 2.25. The van der Waals surface area contributed by atoms with Crippen molar-refractivity contribution in [2.24, 2.45) is 0 Å². The van der Waals surface area contributed by atoms with Crippen LogP contribution >= 0.6 is 0 Å². The molecule has 0 aliphatic carbocycles. The highest BCUT2D eigenvalue weighted by Crippen LogP contribution is 2.27. The number of alkyl halides is 1. The van der Waals surface area contributed by atoms with Crippen LogP contribution in [0.4, 0.5) is 14.7 Å². The van der Waals surface area contributed by atoms with Gasteiger partial charge in [0.1, 0.15) is 11.2 Å². The van der Waals surface area contributed by atoms with Crippen LogP contribution in [0.25, 0.3) is 16.9 Å². The second-order valence-corrected chi connectivity index (χ2v) is 7.34. The minimum absolute atomic E-state index is 0.199. The van der Waals surface area contributed by atoms with E-state index in [-0.39, 0.29) is 24.1 Å². The maximum absolute atomic E-state index is 14.3. The zero-order valence-electron chi connectivity index (χ0n) is 15.6. The number of hydrogen-bond acceptors (Lipinski definition) is 6. The lowest BCUT2D eigenvalue weighted by molar-refractivity contribution is -0.0136. The van der Waals surface area contributed by atoms with Crippen molar-refractivity contribution >= 4 is 11.5 Å². The highest BCUT2D eigenvalue weighted by atomic mass is 19.1. The average Bonchev–Trinajstić information content (AvgIpc) is 2.99. The summed E-state index contributed by atoms with van der Waals surface area (Å²) in [6.45, 7) is 3.67. The smallest absolute Gasteiger partial charge is 0.241 e. The van der Waals surface area contributed by atoms with Gasteiger partial charge in [-0.15, -0.1) is 5.10 Å². The summed E-state index contributed by atoms with van der Waals surface area (Å²) in [5.74, 6) is -0.221. The Morgan fingerprint density at radius 2 is 2.11 bits per heavy atom. The van der Waals surface area contributed by atoms with E-state index in [0.717, 1.165) is 0 Å². The Labute approximate surface area is 160 Å². The van der Waals surface area contributed by atoms with E-state index >= 15 is 0 Å². The van der Waals surface area contributed by atoms with Gasteiger partial charge in [-0.25, -0.2) is 18.3 Å². The fraction of sp³-hybridized carbons (Fsp3) is 0.421. The number of anilines is 1. The van der Waals surface area contributed by atoms with Crippen molar-refractivity contribution < 1.29 is 18.6 Å². The Balaban J connectivity index is 1.69. The molecule has 0 saturated carbocycles. The maximum Gasteiger partial charge on any atom is 0.241 e. The van der Waals surface area contributed by atoms with Crippen molar-refractivity contribution in [2.45, 2.75) is 38.1 Å². The van der Waals surface area contributed by atoms with Crippen LogP contribution in [0, 0.1) is 5.82 Å². The summed E-state index contributed by atoms with van der Waals surface area (Å²) in [6.07, 6.45) is 2.74. The van der Waals surface area contributed by atoms with Gasteiger partial charge in [0.2, 0.25) is 5.95 Å². The van der Waals surface area contributed by atoms with E-state index in [1.807, 2.05) is 0 Å². The molecule has 1 aliphatic rings. The molecule has 1 aliphatic heterocycles. The van der Waals surface area contributed by atoms with E-state index in [4.69, 9.17) is 4.74 Å². The lowest BCUT2D eigenvalue weighted by Crippen LogP contribution is -2.42. The number of aliphatic hydroxyl groups is 1. The third-order valence-corrected chi connectivity index (χ3v) is 4.82. The average molecular weight is 389 g/mol. The molecule has 0 radical (unpaired) electrons. The fourth-order valence-electron chi connectivity index (χ4n) is 3.16. The number of rotatable bonds is 4. The SMILES string of the molecule is CC(C)(F)c1ccc(-c2cc(F)c3cnc(N[C@@H]4CCOC[C@H]4O)nn23)nc1. The Morgan fingerprint density at radius 1 is 1.29 bits per heavy atom. The van der Waals surface area contributed by atoms with Gasteiger partial charge in [-0.05, 0) is 26.3 Å². The van der Waals surface area contributed by atoms with Crippen LogP contribution in [0.1, 0.15) is 25.8 Å². The van der Waals surface area contributed by atoms with Crippen LogP contribution in [0.3, 0.4) is 0 Å². The second-order valence-electron chi connectivity index (χ2n) is 7.34. The summed E-state index contributed by atoms with van der Waals surface area (Å²) in [5, 5.41) is 17.5. The van der Waals surface area contributed by atoms with Crippen LogP contribution in [-0.2, 0) is 10.4 Å². The van der Waals surface area contributed by atoms with Gasteiger partial charge in [0.25, 0.3) is 0 Å². The number of fused-ring (bicyclic) bond motifs is 1. The Hall–Kier alpha value is -2.65. The van der Waals surface area contributed by atoms with Gasteiger partial charge in [-0.1, -0.05) is 6.07 Å². The first-order chi connectivity index (χ1) is 13.3. The summed E-state index contributed by atoms with van der Waals surface area (Å²) >= 11 is 0. The van der Waals surface area contributed by atoms with Crippen LogP contribution in [0.5, 0.6) is 0 Å². The monoisotopic (exact) mass is 389 g/mol. The number of aliphatic hydroxyl groups excluding tert-OH is 1.